The highest BCUT2D eigenvalue weighted by Crippen LogP contribution is 2.26. The Kier molecular flexibility index (Phi) is 5.21. The van der Waals surface area contributed by atoms with E-state index in [1.807, 2.05) is 62.4 Å². The summed E-state index contributed by atoms with van der Waals surface area (Å²) in [5.41, 5.74) is 4.36. The summed E-state index contributed by atoms with van der Waals surface area (Å²) in [6, 6.07) is 18.6. The third-order valence-electron chi connectivity index (χ3n) is 5.48. The number of nitrogens with zero attached hydrogens (tertiary/aromatic N) is 1. The summed E-state index contributed by atoms with van der Waals surface area (Å²) in [5.74, 6) is -0.186. The van der Waals surface area contributed by atoms with Gasteiger partial charge < -0.3 is 14.6 Å². The summed E-state index contributed by atoms with van der Waals surface area (Å²) in [6.45, 7) is 4.37. The lowest BCUT2D eigenvalue weighted by Gasteiger charge is -2.36. The Morgan fingerprint density at radius 1 is 1.03 bits per heavy atom. The van der Waals surface area contributed by atoms with Crippen LogP contribution in [0.25, 0.3) is 0 Å². The number of rotatable bonds is 4. The van der Waals surface area contributed by atoms with Crippen LogP contribution in [0.2, 0.25) is 0 Å². The van der Waals surface area contributed by atoms with E-state index in [9.17, 15) is 9.59 Å². The summed E-state index contributed by atoms with van der Waals surface area (Å²) in [6.07, 6.45) is 1.95. The number of benzene rings is 2. The number of furan rings is 1. The Hall–Kier alpha value is -3.34. The zero-order valence-electron chi connectivity index (χ0n) is 16.6. The standard InChI is InChI=1S/C24H24N2O3/c1-16-9-11-18(12-10-16)17(2)25-23(27)21-14-19-6-3-4-7-20(19)15-26(21)24(28)22-8-5-13-29-22/h3-13,17,21H,14-15H2,1-2H3,(H,25,27). The maximum Gasteiger partial charge on any atom is 0.290 e. The lowest BCUT2D eigenvalue weighted by molar-refractivity contribution is -0.126. The zero-order chi connectivity index (χ0) is 20.4. The first kappa shape index (κ1) is 19.0. The zero-order valence-corrected chi connectivity index (χ0v) is 16.6. The van der Waals surface area contributed by atoms with Gasteiger partial charge in [-0.05, 0) is 42.7 Å². The minimum Gasteiger partial charge on any atom is -0.459 e. The SMILES string of the molecule is Cc1ccc(C(C)NC(=O)C2Cc3ccccc3CN2C(=O)c2ccco2)cc1. The lowest BCUT2D eigenvalue weighted by Crippen LogP contribution is -2.52. The van der Waals surface area contributed by atoms with Crippen molar-refractivity contribution in [1.29, 1.82) is 0 Å². The summed E-state index contributed by atoms with van der Waals surface area (Å²) < 4.78 is 5.30. The lowest BCUT2D eigenvalue weighted by atomic mass is 9.93. The number of hydrogen-bond donors (Lipinski definition) is 1. The highest BCUT2D eigenvalue weighted by molar-refractivity contribution is 5.96. The first-order chi connectivity index (χ1) is 14.0. The van der Waals surface area contributed by atoms with E-state index in [0.29, 0.717) is 13.0 Å². The maximum atomic E-state index is 13.2. The molecule has 5 nitrogen and oxygen atoms in total. The monoisotopic (exact) mass is 388 g/mol. The number of nitrogens with one attached hydrogen (secondary N) is 1. The molecule has 4 rings (SSSR count). The van der Waals surface area contributed by atoms with Gasteiger partial charge in [0.25, 0.3) is 5.91 Å². The van der Waals surface area contributed by atoms with Gasteiger partial charge in [-0.3, -0.25) is 9.59 Å². The number of amides is 2. The van der Waals surface area contributed by atoms with Gasteiger partial charge in [-0.1, -0.05) is 54.1 Å². The van der Waals surface area contributed by atoms with Crippen molar-refractivity contribution in [2.24, 2.45) is 0 Å². The average molecular weight is 388 g/mol. The molecule has 5 heteroatoms. The van der Waals surface area contributed by atoms with Crippen LogP contribution in [0, 0.1) is 6.92 Å². The molecule has 3 aromatic rings. The molecular weight excluding hydrogens is 364 g/mol. The fourth-order valence-electron chi connectivity index (χ4n) is 3.76. The van der Waals surface area contributed by atoms with Gasteiger partial charge in [-0.15, -0.1) is 0 Å². The van der Waals surface area contributed by atoms with Gasteiger partial charge in [0.1, 0.15) is 6.04 Å². The first-order valence-electron chi connectivity index (χ1n) is 9.81. The molecule has 1 aliphatic heterocycles. The van der Waals surface area contributed by atoms with E-state index in [0.717, 1.165) is 16.7 Å². The summed E-state index contributed by atoms with van der Waals surface area (Å²) in [5, 5.41) is 3.08. The molecule has 1 aliphatic rings. The van der Waals surface area contributed by atoms with Crippen molar-refractivity contribution in [2.75, 3.05) is 0 Å². The molecule has 0 saturated carbocycles. The third-order valence-corrected chi connectivity index (χ3v) is 5.48. The highest BCUT2D eigenvalue weighted by Gasteiger charge is 2.36. The number of carbonyl (C=O) groups is 2. The van der Waals surface area contributed by atoms with Gasteiger partial charge in [0.2, 0.25) is 5.91 Å². The molecule has 0 saturated heterocycles. The average Bonchev–Trinajstić information content (AvgIpc) is 3.27. The van der Waals surface area contributed by atoms with Gasteiger partial charge in [-0.2, -0.15) is 0 Å². The van der Waals surface area contributed by atoms with Crippen LogP contribution >= 0.6 is 0 Å². The topological polar surface area (TPSA) is 62.6 Å². The Labute approximate surface area is 170 Å². The molecule has 2 atom stereocenters. The Morgan fingerprint density at radius 2 is 1.76 bits per heavy atom. The molecule has 2 unspecified atom stereocenters. The number of fused-ring (bicyclic) bond motifs is 1. The van der Waals surface area contributed by atoms with Crippen molar-refractivity contribution in [3.8, 4) is 0 Å². The normalized spacial score (nSPS) is 16.8. The van der Waals surface area contributed by atoms with E-state index in [1.165, 1.54) is 11.8 Å². The van der Waals surface area contributed by atoms with Crippen LogP contribution in [-0.2, 0) is 17.8 Å². The molecule has 148 valence electrons. The van der Waals surface area contributed by atoms with Crippen molar-refractivity contribution in [3.05, 3.63) is 94.9 Å². The second kappa shape index (κ2) is 7.95. The molecule has 0 bridgehead atoms. The van der Waals surface area contributed by atoms with Crippen molar-refractivity contribution in [1.82, 2.24) is 10.2 Å². The minimum absolute atomic E-state index is 0.152. The molecule has 1 aromatic heterocycles. The predicted molar refractivity (Wildman–Crippen MR) is 110 cm³/mol. The highest BCUT2D eigenvalue weighted by atomic mass is 16.3. The molecule has 2 amide bonds. The molecule has 0 radical (unpaired) electrons. The smallest absolute Gasteiger partial charge is 0.290 e. The van der Waals surface area contributed by atoms with Crippen LogP contribution < -0.4 is 5.32 Å². The van der Waals surface area contributed by atoms with E-state index in [-0.39, 0.29) is 23.6 Å². The van der Waals surface area contributed by atoms with Crippen LogP contribution in [-0.4, -0.2) is 22.8 Å². The Bertz CT molecular complexity index is 1010. The second-order valence-corrected chi connectivity index (χ2v) is 7.54. The van der Waals surface area contributed by atoms with Crippen LogP contribution in [0.1, 0.15) is 45.8 Å². The quantitative estimate of drug-likeness (QED) is 0.734. The second-order valence-electron chi connectivity index (χ2n) is 7.54. The minimum atomic E-state index is -0.588. The number of carbonyl (C=O) groups excluding carboxylic acids is 2. The molecule has 0 aliphatic carbocycles. The van der Waals surface area contributed by atoms with Gasteiger partial charge >= 0.3 is 0 Å². The number of hydrogen-bond acceptors (Lipinski definition) is 3. The first-order valence-corrected chi connectivity index (χ1v) is 9.81. The third kappa shape index (κ3) is 3.94. The van der Waals surface area contributed by atoms with E-state index >= 15 is 0 Å². The van der Waals surface area contributed by atoms with E-state index < -0.39 is 6.04 Å². The van der Waals surface area contributed by atoms with Gasteiger partial charge in [-0.25, -0.2) is 0 Å². The van der Waals surface area contributed by atoms with Crippen molar-refractivity contribution in [3.63, 3.8) is 0 Å². The van der Waals surface area contributed by atoms with Crippen LogP contribution in [0.3, 0.4) is 0 Å². The maximum absolute atomic E-state index is 13.2. The van der Waals surface area contributed by atoms with Crippen molar-refractivity contribution in [2.45, 2.75) is 38.9 Å². The molecule has 29 heavy (non-hydrogen) atoms. The predicted octanol–water partition coefficient (Wildman–Crippen LogP) is 4.03. The summed E-state index contributed by atoms with van der Waals surface area (Å²) in [4.78, 5) is 27.8. The summed E-state index contributed by atoms with van der Waals surface area (Å²) in [7, 11) is 0. The van der Waals surface area contributed by atoms with E-state index in [2.05, 4.69) is 5.32 Å². The van der Waals surface area contributed by atoms with Gasteiger partial charge in [0.05, 0.1) is 12.3 Å². The molecule has 2 aromatic carbocycles. The molecular formula is C24H24N2O3. The van der Waals surface area contributed by atoms with E-state index in [1.54, 1.807) is 17.0 Å². The van der Waals surface area contributed by atoms with E-state index in [4.69, 9.17) is 4.42 Å². The molecule has 2 heterocycles. The molecule has 0 fully saturated rings. The summed E-state index contributed by atoms with van der Waals surface area (Å²) >= 11 is 0. The van der Waals surface area contributed by atoms with Crippen molar-refractivity contribution < 1.29 is 14.0 Å². The van der Waals surface area contributed by atoms with Crippen LogP contribution in [0.4, 0.5) is 0 Å². The van der Waals surface area contributed by atoms with Crippen LogP contribution in [0.15, 0.2) is 71.3 Å². The van der Waals surface area contributed by atoms with Gasteiger partial charge in [0, 0.05) is 13.0 Å². The Morgan fingerprint density at radius 3 is 2.45 bits per heavy atom. The van der Waals surface area contributed by atoms with Crippen molar-refractivity contribution >= 4 is 11.8 Å². The Balaban J connectivity index is 1.58. The van der Waals surface area contributed by atoms with Crippen LogP contribution in [0.5, 0.6) is 0 Å². The largest absolute Gasteiger partial charge is 0.459 e. The molecule has 0 spiro atoms. The fraction of sp³-hybridized carbons (Fsp3) is 0.250. The number of aryl methyl sites for hydroxylation is 1. The van der Waals surface area contributed by atoms with Gasteiger partial charge in [0.15, 0.2) is 5.76 Å². The fourth-order valence-corrected chi connectivity index (χ4v) is 3.76. The molecule has 1 N–H and O–H groups in total.